The van der Waals surface area contributed by atoms with E-state index in [1.807, 2.05) is 11.3 Å². The standard InChI is InChI=1S/C19H14S/c1-13-17-8-4-5-9-18(17)19(20-13)16-11-10-14-6-2-3-7-15(14)12-16/h2-12H,1H3. The van der Waals surface area contributed by atoms with Crippen molar-refractivity contribution in [3.63, 3.8) is 0 Å². The van der Waals surface area contributed by atoms with E-state index in [-0.39, 0.29) is 0 Å². The molecule has 96 valence electrons. The second-order valence-corrected chi connectivity index (χ2v) is 6.32. The fourth-order valence-corrected chi connectivity index (χ4v) is 3.92. The van der Waals surface area contributed by atoms with E-state index in [4.69, 9.17) is 0 Å². The average molecular weight is 274 g/mol. The molecule has 0 aliphatic heterocycles. The molecule has 1 heteroatoms. The minimum atomic E-state index is 1.30. The first-order valence-electron chi connectivity index (χ1n) is 6.80. The summed E-state index contributed by atoms with van der Waals surface area (Å²) in [6.45, 7) is 2.21. The van der Waals surface area contributed by atoms with E-state index in [0.717, 1.165) is 0 Å². The smallest absolute Gasteiger partial charge is 0.0424 e. The molecule has 0 unspecified atom stereocenters. The number of aryl methyl sites for hydroxylation is 1. The van der Waals surface area contributed by atoms with Crippen LogP contribution in [0.3, 0.4) is 0 Å². The summed E-state index contributed by atoms with van der Waals surface area (Å²) in [6.07, 6.45) is 0. The second kappa shape index (κ2) is 4.46. The molecule has 0 spiro atoms. The maximum atomic E-state index is 2.30. The van der Waals surface area contributed by atoms with Crippen molar-refractivity contribution in [2.45, 2.75) is 6.92 Å². The molecule has 0 fully saturated rings. The minimum absolute atomic E-state index is 1.30. The van der Waals surface area contributed by atoms with Crippen molar-refractivity contribution in [1.82, 2.24) is 0 Å². The van der Waals surface area contributed by atoms with Crippen molar-refractivity contribution in [3.05, 3.63) is 71.6 Å². The van der Waals surface area contributed by atoms with Gasteiger partial charge >= 0.3 is 0 Å². The monoisotopic (exact) mass is 274 g/mol. The van der Waals surface area contributed by atoms with Crippen LogP contribution in [0.25, 0.3) is 32.0 Å². The highest BCUT2D eigenvalue weighted by Gasteiger charge is 2.09. The van der Waals surface area contributed by atoms with Gasteiger partial charge in [-0.05, 0) is 34.7 Å². The van der Waals surface area contributed by atoms with E-state index in [0.29, 0.717) is 0 Å². The third-order valence-electron chi connectivity index (χ3n) is 3.82. The Balaban J connectivity index is 2.01. The van der Waals surface area contributed by atoms with Gasteiger partial charge in [-0.2, -0.15) is 0 Å². The van der Waals surface area contributed by atoms with Crippen LogP contribution in [0.15, 0.2) is 66.7 Å². The molecule has 20 heavy (non-hydrogen) atoms. The van der Waals surface area contributed by atoms with E-state index in [1.165, 1.54) is 36.9 Å². The van der Waals surface area contributed by atoms with E-state index in [1.54, 1.807) is 0 Å². The van der Waals surface area contributed by atoms with Crippen molar-refractivity contribution in [2.75, 3.05) is 0 Å². The Labute approximate surface area is 122 Å². The predicted octanol–water partition coefficient (Wildman–Crippen LogP) is 6.03. The quantitative estimate of drug-likeness (QED) is 0.397. The highest BCUT2D eigenvalue weighted by atomic mass is 32.1. The summed E-state index contributed by atoms with van der Waals surface area (Å²) in [7, 11) is 0. The van der Waals surface area contributed by atoms with Gasteiger partial charge in [-0.1, -0.05) is 60.7 Å². The van der Waals surface area contributed by atoms with Gasteiger partial charge in [0.25, 0.3) is 0 Å². The van der Waals surface area contributed by atoms with Crippen LogP contribution in [-0.2, 0) is 0 Å². The van der Waals surface area contributed by atoms with Gasteiger partial charge in [0.15, 0.2) is 0 Å². The molecule has 0 radical (unpaired) electrons. The normalized spacial score (nSPS) is 11.2. The number of hydrogen-bond donors (Lipinski definition) is 0. The summed E-state index contributed by atoms with van der Waals surface area (Å²) in [5, 5.41) is 5.35. The highest BCUT2D eigenvalue weighted by molar-refractivity contribution is 7.17. The lowest BCUT2D eigenvalue weighted by molar-refractivity contribution is 1.68. The second-order valence-electron chi connectivity index (χ2n) is 5.09. The van der Waals surface area contributed by atoms with E-state index in [2.05, 4.69) is 73.7 Å². The molecule has 0 saturated carbocycles. The van der Waals surface area contributed by atoms with Crippen molar-refractivity contribution >= 4 is 32.9 Å². The summed E-state index contributed by atoms with van der Waals surface area (Å²) >= 11 is 1.89. The molecule has 0 N–H and O–H groups in total. The van der Waals surface area contributed by atoms with E-state index in [9.17, 15) is 0 Å². The lowest BCUT2D eigenvalue weighted by Crippen LogP contribution is -1.76. The maximum absolute atomic E-state index is 2.30. The fourth-order valence-electron chi connectivity index (χ4n) is 2.80. The zero-order chi connectivity index (χ0) is 13.5. The van der Waals surface area contributed by atoms with Crippen LogP contribution in [0, 0.1) is 6.92 Å². The van der Waals surface area contributed by atoms with Crippen LogP contribution in [0.1, 0.15) is 4.88 Å². The Morgan fingerprint density at radius 3 is 2.25 bits per heavy atom. The number of fused-ring (bicyclic) bond motifs is 2. The zero-order valence-electron chi connectivity index (χ0n) is 11.3. The average Bonchev–Trinajstić information content (AvgIpc) is 2.85. The van der Waals surface area contributed by atoms with Crippen LogP contribution in [0.5, 0.6) is 0 Å². The minimum Gasteiger partial charge on any atom is -0.139 e. The predicted molar refractivity (Wildman–Crippen MR) is 89.5 cm³/mol. The molecule has 0 atom stereocenters. The molecule has 0 amide bonds. The molecule has 4 aromatic rings. The van der Waals surface area contributed by atoms with Crippen LogP contribution in [0.4, 0.5) is 0 Å². The third-order valence-corrected chi connectivity index (χ3v) is 5.00. The molecule has 3 aromatic carbocycles. The molecule has 0 bridgehead atoms. The molecular weight excluding hydrogens is 260 g/mol. The number of benzene rings is 3. The van der Waals surface area contributed by atoms with Crippen LogP contribution in [0.2, 0.25) is 0 Å². The third kappa shape index (κ3) is 1.75. The molecular formula is C19H14S. The van der Waals surface area contributed by atoms with Crippen LogP contribution in [-0.4, -0.2) is 0 Å². The van der Waals surface area contributed by atoms with Gasteiger partial charge in [-0.15, -0.1) is 11.3 Å². The van der Waals surface area contributed by atoms with Crippen molar-refractivity contribution < 1.29 is 0 Å². The maximum Gasteiger partial charge on any atom is 0.0424 e. The topological polar surface area (TPSA) is 0 Å². The molecule has 0 nitrogen and oxygen atoms in total. The number of thiophene rings is 1. The molecule has 0 aliphatic carbocycles. The van der Waals surface area contributed by atoms with Crippen LogP contribution < -0.4 is 0 Å². The van der Waals surface area contributed by atoms with Gasteiger partial charge in [0.05, 0.1) is 0 Å². The molecule has 1 heterocycles. The SMILES string of the molecule is Cc1sc(-c2ccc3ccccc3c2)c2ccccc12. The van der Waals surface area contributed by atoms with Crippen molar-refractivity contribution in [2.24, 2.45) is 0 Å². The van der Waals surface area contributed by atoms with E-state index >= 15 is 0 Å². The van der Waals surface area contributed by atoms with Gasteiger partial charge < -0.3 is 0 Å². The first-order chi connectivity index (χ1) is 9.83. The van der Waals surface area contributed by atoms with Gasteiger partial charge in [0, 0.05) is 15.1 Å². The van der Waals surface area contributed by atoms with Gasteiger partial charge in [-0.3, -0.25) is 0 Å². The lowest BCUT2D eigenvalue weighted by atomic mass is 10.0. The lowest BCUT2D eigenvalue weighted by Gasteiger charge is -2.02. The molecule has 0 aliphatic rings. The van der Waals surface area contributed by atoms with Gasteiger partial charge in [-0.25, -0.2) is 0 Å². The molecule has 1 aromatic heterocycles. The Morgan fingerprint density at radius 2 is 1.40 bits per heavy atom. The molecule has 0 saturated heterocycles. The zero-order valence-corrected chi connectivity index (χ0v) is 12.1. The Hall–Kier alpha value is -2.12. The Bertz CT molecular complexity index is 915. The summed E-state index contributed by atoms with van der Waals surface area (Å²) in [5.41, 5.74) is 1.32. The Kier molecular flexibility index (Phi) is 2.61. The first kappa shape index (κ1) is 11.7. The van der Waals surface area contributed by atoms with Gasteiger partial charge in [0.2, 0.25) is 0 Å². The van der Waals surface area contributed by atoms with Crippen molar-refractivity contribution in [3.8, 4) is 10.4 Å². The van der Waals surface area contributed by atoms with Crippen LogP contribution >= 0.6 is 11.3 Å². The largest absolute Gasteiger partial charge is 0.139 e. The summed E-state index contributed by atoms with van der Waals surface area (Å²) < 4.78 is 0. The summed E-state index contributed by atoms with van der Waals surface area (Å²) in [6, 6.07) is 24.0. The van der Waals surface area contributed by atoms with E-state index < -0.39 is 0 Å². The highest BCUT2D eigenvalue weighted by Crippen LogP contribution is 2.39. The number of rotatable bonds is 1. The summed E-state index contributed by atoms with van der Waals surface area (Å²) in [5.74, 6) is 0. The first-order valence-corrected chi connectivity index (χ1v) is 7.62. The Morgan fingerprint density at radius 1 is 0.700 bits per heavy atom. The van der Waals surface area contributed by atoms with Crippen molar-refractivity contribution in [1.29, 1.82) is 0 Å². The molecule has 4 rings (SSSR count). The van der Waals surface area contributed by atoms with Gasteiger partial charge in [0.1, 0.15) is 0 Å². The fraction of sp³-hybridized carbons (Fsp3) is 0.0526. The summed E-state index contributed by atoms with van der Waals surface area (Å²) in [4.78, 5) is 2.77. The number of hydrogen-bond acceptors (Lipinski definition) is 1.